The van der Waals surface area contributed by atoms with Gasteiger partial charge in [0.25, 0.3) is 11.8 Å². The molecule has 1 saturated heterocycles. The topological polar surface area (TPSA) is 79.7 Å². The van der Waals surface area contributed by atoms with Crippen LogP contribution in [-0.2, 0) is 17.8 Å². The number of aromatic nitrogens is 2. The van der Waals surface area contributed by atoms with Gasteiger partial charge >= 0.3 is 0 Å². The maximum absolute atomic E-state index is 13.6. The summed E-state index contributed by atoms with van der Waals surface area (Å²) in [5.41, 5.74) is 3.52. The lowest BCUT2D eigenvalue weighted by atomic mass is 10.0. The summed E-state index contributed by atoms with van der Waals surface area (Å²) in [4.78, 5) is 30.3. The van der Waals surface area contributed by atoms with Gasteiger partial charge in [-0.1, -0.05) is 53.8 Å². The van der Waals surface area contributed by atoms with E-state index in [1.54, 1.807) is 21.5 Å². The van der Waals surface area contributed by atoms with Gasteiger partial charge in [-0.15, -0.1) is 0 Å². The molecule has 2 atom stereocenters. The zero-order valence-corrected chi connectivity index (χ0v) is 21.9. The lowest BCUT2D eigenvalue weighted by Gasteiger charge is -2.33. The largest absolute Gasteiger partial charge is 0.489 e. The van der Waals surface area contributed by atoms with Crippen LogP contribution in [0.5, 0.6) is 5.75 Å². The quantitative estimate of drug-likeness (QED) is 0.527. The van der Waals surface area contributed by atoms with Crippen LogP contribution >= 0.6 is 11.6 Å². The number of carbonyl (C=O) groups excluding carboxylic acids is 2. The highest BCUT2D eigenvalue weighted by atomic mass is 35.5. The Morgan fingerprint density at radius 1 is 1.18 bits per heavy atom. The standard InChI is InChI=1S/C29H28ClN5O3/c1-33-23-16-19(9-11-21-8-5-14-31-21)10-12-25(23)38-18-24(28(33)36)34-15-13-22-26(29(34)37)32-35(27(22)30)17-20-6-3-2-4-7-20/h2-4,6-7,10,12,16,21,24,31H,5,8,13-15,17-18H2,1H3/t21?,24-/m1/s1. The number of carbonyl (C=O) groups is 2. The number of ether oxygens (including phenoxy) is 1. The fourth-order valence-electron chi connectivity index (χ4n) is 5.26. The first-order valence-corrected chi connectivity index (χ1v) is 13.3. The van der Waals surface area contributed by atoms with E-state index in [1.807, 2.05) is 48.5 Å². The van der Waals surface area contributed by atoms with Crippen LogP contribution in [0, 0.1) is 11.8 Å². The molecule has 1 aromatic heterocycles. The monoisotopic (exact) mass is 529 g/mol. The third kappa shape index (κ3) is 4.53. The first kappa shape index (κ1) is 24.5. The molecule has 2 amide bonds. The van der Waals surface area contributed by atoms with E-state index in [-0.39, 0.29) is 24.5 Å². The van der Waals surface area contributed by atoms with Gasteiger partial charge in [-0.05, 0) is 49.6 Å². The molecule has 8 nitrogen and oxygen atoms in total. The number of rotatable bonds is 3. The van der Waals surface area contributed by atoms with Gasteiger partial charge in [0.1, 0.15) is 23.6 Å². The Morgan fingerprint density at radius 2 is 2.03 bits per heavy atom. The molecule has 2 aromatic carbocycles. The van der Waals surface area contributed by atoms with Crippen molar-refractivity contribution in [2.75, 3.05) is 31.6 Å². The van der Waals surface area contributed by atoms with Crippen LogP contribution in [0.25, 0.3) is 0 Å². The Hall–Kier alpha value is -3.80. The molecule has 0 radical (unpaired) electrons. The van der Waals surface area contributed by atoms with Crippen LogP contribution in [0.3, 0.4) is 0 Å². The number of anilines is 1. The fourth-order valence-corrected chi connectivity index (χ4v) is 5.54. The molecule has 0 spiro atoms. The number of nitrogens with zero attached hydrogens (tertiary/aromatic N) is 4. The minimum atomic E-state index is -0.775. The van der Waals surface area contributed by atoms with Crippen LogP contribution < -0.4 is 15.0 Å². The van der Waals surface area contributed by atoms with Crippen molar-refractivity contribution in [3.8, 4) is 17.6 Å². The molecular formula is C29H28ClN5O3. The van der Waals surface area contributed by atoms with Crippen LogP contribution in [0.1, 0.15) is 40.0 Å². The van der Waals surface area contributed by atoms with Crippen molar-refractivity contribution in [2.24, 2.45) is 0 Å². The van der Waals surface area contributed by atoms with Crippen molar-refractivity contribution < 1.29 is 14.3 Å². The minimum Gasteiger partial charge on any atom is -0.489 e. The van der Waals surface area contributed by atoms with Gasteiger partial charge in [0.2, 0.25) is 0 Å². The van der Waals surface area contributed by atoms with E-state index in [4.69, 9.17) is 16.3 Å². The van der Waals surface area contributed by atoms with Crippen LogP contribution in [-0.4, -0.2) is 65.3 Å². The molecule has 3 aromatic rings. The van der Waals surface area contributed by atoms with Gasteiger partial charge in [0, 0.05) is 24.7 Å². The number of nitrogens with one attached hydrogen (secondary N) is 1. The summed E-state index contributed by atoms with van der Waals surface area (Å²) in [5.74, 6) is 6.55. The predicted octanol–water partition coefficient (Wildman–Crippen LogP) is 3.11. The maximum Gasteiger partial charge on any atom is 0.275 e. The molecular weight excluding hydrogens is 502 g/mol. The average Bonchev–Trinajstić information content (AvgIpc) is 3.55. The number of benzene rings is 2. The van der Waals surface area contributed by atoms with E-state index in [1.165, 1.54) is 0 Å². The predicted molar refractivity (Wildman–Crippen MR) is 145 cm³/mol. The molecule has 0 saturated carbocycles. The summed E-state index contributed by atoms with van der Waals surface area (Å²) < 4.78 is 7.72. The molecule has 3 aliphatic rings. The fraction of sp³-hybridized carbons (Fsp3) is 0.345. The van der Waals surface area contributed by atoms with Crippen molar-refractivity contribution >= 4 is 29.1 Å². The van der Waals surface area contributed by atoms with Gasteiger partial charge in [-0.2, -0.15) is 5.10 Å². The molecule has 4 heterocycles. The van der Waals surface area contributed by atoms with Crippen molar-refractivity contribution in [3.63, 3.8) is 0 Å². The lowest BCUT2D eigenvalue weighted by Crippen LogP contribution is -2.54. The third-order valence-corrected chi connectivity index (χ3v) is 7.81. The number of halogens is 1. The third-order valence-electron chi connectivity index (χ3n) is 7.38. The van der Waals surface area contributed by atoms with Crippen molar-refractivity contribution in [2.45, 2.75) is 37.9 Å². The Balaban J connectivity index is 1.22. The summed E-state index contributed by atoms with van der Waals surface area (Å²) >= 11 is 6.63. The summed E-state index contributed by atoms with van der Waals surface area (Å²) in [5, 5.41) is 8.39. The molecule has 194 valence electrons. The van der Waals surface area contributed by atoms with Gasteiger partial charge < -0.3 is 19.9 Å². The van der Waals surface area contributed by atoms with Crippen LogP contribution in [0.15, 0.2) is 48.5 Å². The number of hydrogen-bond acceptors (Lipinski definition) is 5. The summed E-state index contributed by atoms with van der Waals surface area (Å²) in [6, 6.07) is 14.9. The van der Waals surface area contributed by atoms with Gasteiger partial charge in [-0.25, -0.2) is 4.68 Å². The van der Waals surface area contributed by atoms with E-state index in [2.05, 4.69) is 22.3 Å². The second kappa shape index (κ2) is 10.2. The van der Waals surface area contributed by atoms with Gasteiger partial charge in [-0.3, -0.25) is 9.59 Å². The van der Waals surface area contributed by atoms with Crippen LogP contribution in [0.2, 0.25) is 5.15 Å². The molecule has 0 bridgehead atoms. The van der Waals surface area contributed by atoms with E-state index in [9.17, 15) is 9.59 Å². The summed E-state index contributed by atoms with van der Waals surface area (Å²) in [6.07, 6.45) is 2.69. The van der Waals surface area contributed by atoms with E-state index in [0.717, 1.165) is 36.1 Å². The van der Waals surface area contributed by atoms with E-state index >= 15 is 0 Å². The zero-order valence-electron chi connectivity index (χ0n) is 21.1. The van der Waals surface area contributed by atoms with Crippen molar-refractivity contribution in [1.29, 1.82) is 0 Å². The number of amides is 2. The molecule has 1 fully saturated rings. The Bertz CT molecular complexity index is 1450. The summed E-state index contributed by atoms with van der Waals surface area (Å²) in [7, 11) is 1.71. The second-order valence-corrected chi connectivity index (χ2v) is 10.2. The zero-order chi connectivity index (χ0) is 26.2. The first-order valence-electron chi connectivity index (χ1n) is 12.9. The molecule has 3 aliphatic heterocycles. The smallest absolute Gasteiger partial charge is 0.275 e. The first-order chi connectivity index (χ1) is 18.5. The van der Waals surface area contributed by atoms with E-state index < -0.39 is 6.04 Å². The van der Waals surface area contributed by atoms with Crippen molar-refractivity contribution in [3.05, 3.63) is 76.1 Å². The molecule has 0 aliphatic carbocycles. The second-order valence-electron chi connectivity index (χ2n) is 9.83. The Labute approximate surface area is 226 Å². The number of likely N-dealkylation sites (N-methyl/N-ethyl adjacent to an activating group) is 1. The number of hydrogen-bond donors (Lipinski definition) is 1. The van der Waals surface area contributed by atoms with E-state index in [0.29, 0.717) is 41.8 Å². The maximum atomic E-state index is 13.6. The Kier molecular flexibility index (Phi) is 6.56. The average molecular weight is 530 g/mol. The minimum absolute atomic E-state index is 0.0622. The normalized spacial score (nSPS) is 20.8. The molecule has 9 heteroatoms. The summed E-state index contributed by atoms with van der Waals surface area (Å²) in [6.45, 7) is 1.88. The van der Waals surface area contributed by atoms with Gasteiger partial charge in [0.05, 0.1) is 18.3 Å². The molecule has 1 unspecified atom stereocenters. The highest BCUT2D eigenvalue weighted by molar-refractivity contribution is 6.31. The highest BCUT2D eigenvalue weighted by Gasteiger charge is 2.40. The Morgan fingerprint density at radius 3 is 2.82 bits per heavy atom. The number of fused-ring (bicyclic) bond motifs is 2. The van der Waals surface area contributed by atoms with Crippen LogP contribution in [0.4, 0.5) is 5.69 Å². The highest BCUT2D eigenvalue weighted by Crippen LogP contribution is 2.34. The SMILES string of the molecule is CN1C(=O)[C@H](N2CCc3c(nn(Cc4ccccc4)c3Cl)C2=O)COc2ccc(C#CC3CCCN3)cc21. The lowest BCUT2D eigenvalue weighted by molar-refractivity contribution is -0.123. The van der Waals surface area contributed by atoms with Gasteiger partial charge in [0.15, 0.2) is 5.69 Å². The molecule has 38 heavy (non-hydrogen) atoms. The van der Waals surface area contributed by atoms with Crippen molar-refractivity contribution in [1.82, 2.24) is 20.0 Å². The molecule has 6 rings (SSSR count). The molecule has 1 N–H and O–H groups in total.